The van der Waals surface area contributed by atoms with E-state index in [2.05, 4.69) is 15.0 Å². The zero-order valence-electron chi connectivity index (χ0n) is 14.2. The van der Waals surface area contributed by atoms with Gasteiger partial charge < -0.3 is 14.4 Å². The van der Waals surface area contributed by atoms with Crippen molar-refractivity contribution in [2.45, 2.75) is 13.1 Å². The number of nitrogens with zero attached hydrogens (tertiary/aromatic N) is 6. The lowest BCUT2D eigenvalue weighted by Gasteiger charge is -2.34. The van der Waals surface area contributed by atoms with E-state index in [4.69, 9.17) is 14.7 Å². The molecule has 0 saturated carbocycles. The van der Waals surface area contributed by atoms with Crippen LogP contribution in [-0.2, 0) is 17.9 Å². The number of piperazine rings is 1. The van der Waals surface area contributed by atoms with Gasteiger partial charge in [0.05, 0.1) is 0 Å². The first-order valence-electron chi connectivity index (χ1n) is 8.39. The van der Waals surface area contributed by atoms with Crippen molar-refractivity contribution in [1.82, 2.24) is 24.6 Å². The van der Waals surface area contributed by atoms with Crippen LogP contribution >= 0.6 is 0 Å². The molecule has 2 aliphatic heterocycles. The molecule has 0 atom stereocenters. The summed E-state index contributed by atoms with van der Waals surface area (Å²) in [5.74, 6) is 1.64. The average molecular weight is 354 g/mol. The number of aromatic nitrogens is 3. The molecule has 0 unspecified atom stereocenters. The van der Waals surface area contributed by atoms with Gasteiger partial charge in [0, 0.05) is 32.7 Å². The second kappa shape index (κ2) is 7.01. The van der Waals surface area contributed by atoms with E-state index in [-0.39, 0.29) is 25.1 Å². The number of hydrogen-bond donors (Lipinski definition) is 0. The summed E-state index contributed by atoms with van der Waals surface area (Å²) in [5.41, 5.74) is 1.17. The second-order valence-corrected chi connectivity index (χ2v) is 6.22. The molecule has 1 aromatic heterocycles. The average Bonchev–Trinajstić information content (AvgIpc) is 3.31. The van der Waals surface area contributed by atoms with Gasteiger partial charge in [0.25, 0.3) is 5.82 Å². The Kier molecular flexibility index (Phi) is 4.41. The Labute approximate surface area is 150 Å². The molecule has 2 aliphatic rings. The summed E-state index contributed by atoms with van der Waals surface area (Å²) in [4.78, 5) is 20.3. The van der Waals surface area contributed by atoms with Gasteiger partial charge in [-0.3, -0.25) is 9.69 Å². The first-order valence-corrected chi connectivity index (χ1v) is 8.39. The third-order valence-corrected chi connectivity index (χ3v) is 4.50. The fourth-order valence-electron chi connectivity index (χ4n) is 3.11. The largest absolute Gasteiger partial charge is 0.454 e. The minimum atomic E-state index is -0.0119. The van der Waals surface area contributed by atoms with Crippen molar-refractivity contribution in [3.63, 3.8) is 0 Å². The molecule has 4 rings (SSSR count). The van der Waals surface area contributed by atoms with Crippen molar-refractivity contribution in [2.24, 2.45) is 0 Å². The quantitative estimate of drug-likeness (QED) is 0.775. The molecule has 1 amide bonds. The van der Waals surface area contributed by atoms with E-state index in [1.54, 1.807) is 0 Å². The number of benzene rings is 1. The predicted octanol–water partition coefficient (Wildman–Crippen LogP) is 0.223. The highest BCUT2D eigenvalue weighted by Crippen LogP contribution is 2.32. The van der Waals surface area contributed by atoms with Crippen molar-refractivity contribution in [1.29, 1.82) is 5.26 Å². The topological polar surface area (TPSA) is 96.5 Å². The van der Waals surface area contributed by atoms with Crippen LogP contribution in [0.15, 0.2) is 24.5 Å². The first kappa shape index (κ1) is 16.4. The number of carbonyl (C=O) groups is 1. The summed E-state index contributed by atoms with van der Waals surface area (Å²) in [6, 6.07) is 7.84. The number of ether oxygens (including phenoxy) is 2. The molecule has 0 N–H and O–H groups in total. The molecule has 0 radical (unpaired) electrons. The molecule has 9 nitrogen and oxygen atoms in total. The summed E-state index contributed by atoms with van der Waals surface area (Å²) < 4.78 is 12.2. The molecule has 9 heteroatoms. The zero-order valence-corrected chi connectivity index (χ0v) is 14.2. The van der Waals surface area contributed by atoms with Crippen molar-refractivity contribution >= 4 is 5.91 Å². The van der Waals surface area contributed by atoms with Crippen LogP contribution in [0.4, 0.5) is 0 Å². The number of hydrogen-bond acceptors (Lipinski definition) is 7. The maximum Gasteiger partial charge on any atom is 0.252 e. The molecule has 134 valence electrons. The predicted molar refractivity (Wildman–Crippen MR) is 89.2 cm³/mol. The van der Waals surface area contributed by atoms with Gasteiger partial charge in [-0.15, -0.1) is 5.10 Å². The number of fused-ring (bicyclic) bond motifs is 1. The van der Waals surface area contributed by atoms with Crippen LogP contribution in [0.5, 0.6) is 11.5 Å². The van der Waals surface area contributed by atoms with E-state index in [1.807, 2.05) is 29.2 Å². The Morgan fingerprint density at radius 3 is 2.77 bits per heavy atom. The lowest BCUT2D eigenvalue weighted by atomic mass is 10.1. The lowest BCUT2D eigenvalue weighted by molar-refractivity contribution is -0.133. The lowest BCUT2D eigenvalue weighted by Crippen LogP contribution is -2.49. The van der Waals surface area contributed by atoms with Gasteiger partial charge in [-0.25, -0.2) is 9.67 Å². The first-order chi connectivity index (χ1) is 12.7. The monoisotopic (exact) mass is 354 g/mol. The summed E-state index contributed by atoms with van der Waals surface area (Å²) in [5, 5.41) is 12.7. The van der Waals surface area contributed by atoms with Crippen molar-refractivity contribution in [3.8, 4) is 17.6 Å². The zero-order chi connectivity index (χ0) is 17.9. The van der Waals surface area contributed by atoms with E-state index in [9.17, 15) is 4.79 Å². The van der Waals surface area contributed by atoms with Gasteiger partial charge in [-0.1, -0.05) is 6.07 Å². The minimum absolute atomic E-state index is 0.0119. The van der Waals surface area contributed by atoms with E-state index in [0.29, 0.717) is 13.1 Å². The van der Waals surface area contributed by atoms with E-state index in [0.717, 1.165) is 31.1 Å². The Morgan fingerprint density at radius 1 is 1.19 bits per heavy atom. The van der Waals surface area contributed by atoms with Gasteiger partial charge in [0.1, 0.15) is 18.9 Å². The van der Waals surface area contributed by atoms with Crippen LogP contribution in [-0.4, -0.2) is 63.4 Å². The molecule has 26 heavy (non-hydrogen) atoms. The smallest absolute Gasteiger partial charge is 0.252 e. The molecule has 1 aromatic carbocycles. The van der Waals surface area contributed by atoms with Crippen molar-refractivity contribution < 1.29 is 14.3 Å². The highest BCUT2D eigenvalue weighted by molar-refractivity contribution is 5.76. The molecule has 2 aromatic rings. The molecule has 1 fully saturated rings. The van der Waals surface area contributed by atoms with Gasteiger partial charge >= 0.3 is 0 Å². The molecular formula is C17H18N6O3. The summed E-state index contributed by atoms with van der Waals surface area (Å²) >= 11 is 0. The fourth-order valence-corrected chi connectivity index (χ4v) is 3.11. The van der Waals surface area contributed by atoms with E-state index < -0.39 is 0 Å². The third kappa shape index (κ3) is 3.45. The van der Waals surface area contributed by atoms with E-state index in [1.165, 1.54) is 16.6 Å². The fraction of sp³-hybridized carbons (Fsp3) is 0.412. The molecule has 0 bridgehead atoms. The summed E-state index contributed by atoms with van der Waals surface area (Å²) in [7, 11) is 0. The standard InChI is InChI=1S/C17H18N6O3/c18-8-16-19-11-23(20-16)10-17(24)22-5-3-21(4-6-22)9-13-1-2-14-15(7-13)26-12-25-14/h1-2,7,11H,3-6,9-10,12H2. The number of carbonyl (C=O) groups excluding carboxylic acids is 1. The normalized spacial score (nSPS) is 16.5. The highest BCUT2D eigenvalue weighted by atomic mass is 16.7. The van der Waals surface area contributed by atoms with Crippen LogP contribution in [0.25, 0.3) is 0 Å². The molecule has 0 aliphatic carbocycles. The number of nitriles is 1. The number of amides is 1. The van der Waals surface area contributed by atoms with Crippen LogP contribution in [0.3, 0.4) is 0 Å². The SMILES string of the molecule is N#Cc1ncn(CC(=O)N2CCN(Cc3ccc4c(c3)OCO4)CC2)n1. The highest BCUT2D eigenvalue weighted by Gasteiger charge is 2.22. The Hall–Kier alpha value is -3.12. The molecule has 1 saturated heterocycles. The molecule has 0 spiro atoms. The van der Waals surface area contributed by atoms with Gasteiger partial charge in [0.2, 0.25) is 12.7 Å². The van der Waals surface area contributed by atoms with Crippen molar-refractivity contribution in [3.05, 3.63) is 35.9 Å². The summed E-state index contributed by atoms with van der Waals surface area (Å²) in [6.45, 7) is 4.15. The maximum atomic E-state index is 12.4. The third-order valence-electron chi connectivity index (χ3n) is 4.50. The maximum absolute atomic E-state index is 12.4. The van der Waals surface area contributed by atoms with Gasteiger partial charge in [-0.05, 0) is 17.7 Å². The van der Waals surface area contributed by atoms with Crippen LogP contribution < -0.4 is 9.47 Å². The van der Waals surface area contributed by atoms with Crippen LogP contribution in [0.1, 0.15) is 11.4 Å². The van der Waals surface area contributed by atoms with Crippen molar-refractivity contribution in [2.75, 3.05) is 33.0 Å². The Balaban J connectivity index is 1.28. The minimum Gasteiger partial charge on any atom is -0.454 e. The molecule has 3 heterocycles. The van der Waals surface area contributed by atoms with Gasteiger partial charge in [0.15, 0.2) is 11.5 Å². The van der Waals surface area contributed by atoms with Gasteiger partial charge in [-0.2, -0.15) is 5.26 Å². The second-order valence-electron chi connectivity index (χ2n) is 6.22. The van der Waals surface area contributed by atoms with E-state index >= 15 is 0 Å². The van der Waals surface area contributed by atoms with Crippen LogP contribution in [0.2, 0.25) is 0 Å². The Bertz CT molecular complexity index is 850. The summed E-state index contributed by atoms with van der Waals surface area (Å²) in [6.07, 6.45) is 1.41. The Morgan fingerprint density at radius 2 is 2.00 bits per heavy atom. The molecular weight excluding hydrogens is 336 g/mol. The number of rotatable bonds is 4. The van der Waals surface area contributed by atoms with Crippen LogP contribution in [0, 0.1) is 11.3 Å².